The van der Waals surface area contributed by atoms with Gasteiger partial charge in [0.1, 0.15) is 18.0 Å². The highest BCUT2D eigenvalue weighted by molar-refractivity contribution is 9.10. The monoisotopic (exact) mass is 777 g/mol. The first-order chi connectivity index (χ1) is 22.6. The molecule has 21 heteroatoms. The van der Waals surface area contributed by atoms with E-state index in [0.29, 0.717) is 9.27 Å². The summed E-state index contributed by atoms with van der Waals surface area (Å²) in [5.41, 5.74) is -0.636. The summed E-state index contributed by atoms with van der Waals surface area (Å²) in [5, 5.41) is 18.8. The SMILES string of the molecule is O=C(NCc1ccccc1OC(F)(F)F)c1cc(Br)cc(Cl)c1NC(=O)c1cc(Cn2nnc(C(F)(F)F)n2)nn1-c1ncccc1Cl. The van der Waals surface area contributed by atoms with Crippen LogP contribution in [0.3, 0.4) is 0 Å². The fourth-order valence-electron chi connectivity index (χ4n) is 4.13. The van der Waals surface area contributed by atoms with Gasteiger partial charge in [-0.25, -0.2) is 9.67 Å². The molecule has 0 fully saturated rings. The van der Waals surface area contributed by atoms with Gasteiger partial charge in [0.25, 0.3) is 17.6 Å². The molecule has 0 radical (unpaired) electrons. The lowest BCUT2D eigenvalue weighted by atomic mass is 10.1. The summed E-state index contributed by atoms with van der Waals surface area (Å²) in [4.78, 5) is 31.8. The van der Waals surface area contributed by atoms with Crippen LogP contribution in [-0.4, -0.2) is 53.1 Å². The molecule has 48 heavy (non-hydrogen) atoms. The number of alkyl halides is 6. The molecule has 0 aliphatic rings. The van der Waals surface area contributed by atoms with Crippen LogP contribution in [0, 0.1) is 0 Å². The fourth-order valence-corrected chi connectivity index (χ4v) is 5.19. The second-order valence-electron chi connectivity index (χ2n) is 9.49. The summed E-state index contributed by atoms with van der Waals surface area (Å²) < 4.78 is 82.9. The molecule has 2 amide bonds. The lowest BCUT2D eigenvalue weighted by Gasteiger charge is -2.16. The number of aromatic nitrogens is 7. The number of tetrazole rings is 1. The number of benzene rings is 2. The number of carbonyl (C=O) groups excluding carboxylic acids is 2. The number of carbonyl (C=O) groups is 2. The molecular weight excluding hydrogens is 763 g/mol. The number of para-hydroxylation sites is 1. The molecule has 3 aromatic heterocycles. The van der Waals surface area contributed by atoms with Gasteiger partial charge in [0, 0.05) is 22.8 Å². The van der Waals surface area contributed by atoms with Crippen LogP contribution in [0.25, 0.3) is 5.82 Å². The summed E-state index contributed by atoms with van der Waals surface area (Å²) in [6.07, 6.45) is -8.47. The number of nitrogens with one attached hydrogen (secondary N) is 2. The van der Waals surface area contributed by atoms with E-state index in [9.17, 15) is 35.9 Å². The van der Waals surface area contributed by atoms with E-state index in [-0.39, 0.29) is 44.1 Å². The number of halogens is 9. The van der Waals surface area contributed by atoms with Crippen LogP contribution in [-0.2, 0) is 19.3 Å². The molecular formula is C27H16BrCl2F6N9O3. The van der Waals surface area contributed by atoms with E-state index >= 15 is 0 Å². The van der Waals surface area contributed by atoms with E-state index in [1.807, 2.05) is 0 Å². The molecule has 5 rings (SSSR count). The molecule has 0 spiro atoms. The van der Waals surface area contributed by atoms with Gasteiger partial charge in [0.2, 0.25) is 0 Å². The van der Waals surface area contributed by atoms with Crippen molar-refractivity contribution in [2.75, 3.05) is 5.32 Å². The summed E-state index contributed by atoms with van der Waals surface area (Å²) in [6, 6.07) is 12.0. The molecule has 0 aliphatic carbocycles. The van der Waals surface area contributed by atoms with Gasteiger partial charge in [-0.1, -0.05) is 57.3 Å². The van der Waals surface area contributed by atoms with E-state index in [1.54, 1.807) is 0 Å². The lowest BCUT2D eigenvalue weighted by molar-refractivity contribution is -0.274. The van der Waals surface area contributed by atoms with Crippen molar-refractivity contribution in [3.63, 3.8) is 0 Å². The smallest absolute Gasteiger partial charge is 0.405 e. The number of hydrogen-bond donors (Lipinski definition) is 2. The normalized spacial score (nSPS) is 11.8. The van der Waals surface area contributed by atoms with Crippen LogP contribution in [0.2, 0.25) is 10.0 Å². The van der Waals surface area contributed by atoms with Crippen molar-refractivity contribution in [1.29, 1.82) is 0 Å². The summed E-state index contributed by atoms with van der Waals surface area (Å²) in [5.74, 6) is -3.80. The van der Waals surface area contributed by atoms with Crippen molar-refractivity contribution >= 4 is 56.6 Å². The highest BCUT2D eigenvalue weighted by atomic mass is 79.9. The molecule has 0 saturated carbocycles. The van der Waals surface area contributed by atoms with Gasteiger partial charge >= 0.3 is 12.5 Å². The molecule has 250 valence electrons. The fraction of sp³-hybridized carbons (Fsp3) is 0.148. The predicted molar refractivity (Wildman–Crippen MR) is 160 cm³/mol. The van der Waals surface area contributed by atoms with Crippen molar-refractivity contribution in [3.8, 4) is 11.6 Å². The minimum Gasteiger partial charge on any atom is -0.405 e. The van der Waals surface area contributed by atoms with Gasteiger partial charge in [0.15, 0.2) is 5.82 Å². The molecule has 3 heterocycles. The Balaban J connectivity index is 1.45. The summed E-state index contributed by atoms with van der Waals surface area (Å²) >= 11 is 15.9. The largest absolute Gasteiger partial charge is 0.573 e. The Hall–Kier alpha value is -4.75. The van der Waals surface area contributed by atoms with Crippen molar-refractivity contribution in [3.05, 3.63) is 104 Å². The third-order valence-corrected chi connectivity index (χ3v) is 7.17. The Bertz CT molecular complexity index is 2000. The van der Waals surface area contributed by atoms with Crippen LogP contribution >= 0.6 is 39.1 Å². The molecule has 0 bridgehead atoms. The molecule has 12 nitrogen and oxygen atoms in total. The number of anilines is 1. The topological polar surface area (TPSA) is 142 Å². The van der Waals surface area contributed by atoms with Gasteiger partial charge in [-0.15, -0.1) is 23.4 Å². The first-order valence-electron chi connectivity index (χ1n) is 13.1. The second kappa shape index (κ2) is 13.8. The van der Waals surface area contributed by atoms with Crippen molar-refractivity contribution in [1.82, 2.24) is 40.3 Å². The van der Waals surface area contributed by atoms with E-state index in [1.165, 1.54) is 54.7 Å². The molecule has 0 saturated heterocycles. The minimum absolute atomic E-state index is 0.00255. The Kier molecular flexibility index (Phi) is 9.92. The first kappa shape index (κ1) is 34.6. The Morgan fingerprint density at radius 2 is 1.69 bits per heavy atom. The Morgan fingerprint density at radius 3 is 2.38 bits per heavy atom. The first-order valence-corrected chi connectivity index (χ1v) is 14.6. The third kappa shape index (κ3) is 8.20. The molecule has 2 aromatic carbocycles. The number of ether oxygens (including phenoxy) is 1. The number of hydrogen-bond acceptors (Lipinski definition) is 8. The maximum atomic E-state index is 13.7. The number of pyridine rings is 1. The Morgan fingerprint density at radius 1 is 0.938 bits per heavy atom. The van der Waals surface area contributed by atoms with Crippen LogP contribution in [0.15, 0.2) is 65.3 Å². The van der Waals surface area contributed by atoms with E-state index in [2.05, 4.69) is 56.8 Å². The van der Waals surface area contributed by atoms with Crippen LogP contribution in [0.5, 0.6) is 5.75 Å². The highest BCUT2D eigenvalue weighted by Gasteiger charge is 2.37. The van der Waals surface area contributed by atoms with Gasteiger partial charge in [-0.05, 0) is 41.6 Å². The Labute approximate surface area is 283 Å². The van der Waals surface area contributed by atoms with Gasteiger partial charge in [-0.2, -0.15) is 23.1 Å². The zero-order chi connectivity index (χ0) is 34.8. The molecule has 0 unspecified atom stereocenters. The van der Waals surface area contributed by atoms with Gasteiger partial charge in [-0.3, -0.25) is 9.59 Å². The molecule has 0 atom stereocenters. The zero-order valence-electron chi connectivity index (χ0n) is 23.4. The van der Waals surface area contributed by atoms with E-state index in [0.717, 1.165) is 10.7 Å². The second-order valence-corrected chi connectivity index (χ2v) is 11.2. The van der Waals surface area contributed by atoms with Gasteiger partial charge < -0.3 is 15.4 Å². The number of amides is 2. The van der Waals surface area contributed by atoms with E-state index < -0.39 is 49.0 Å². The maximum absolute atomic E-state index is 13.7. The third-order valence-electron chi connectivity index (χ3n) is 6.12. The van der Waals surface area contributed by atoms with Crippen molar-refractivity contribution < 1.29 is 40.7 Å². The molecule has 2 N–H and O–H groups in total. The lowest BCUT2D eigenvalue weighted by Crippen LogP contribution is -2.26. The van der Waals surface area contributed by atoms with Crippen LogP contribution in [0.4, 0.5) is 32.0 Å². The maximum Gasteiger partial charge on any atom is 0.573 e. The molecule has 5 aromatic rings. The average Bonchev–Trinajstić information content (AvgIpc) is 3.65. The predicted octanol–water partition coefficient (Wildman–Crippen LogP) is 6.47. The number of nitrogens with zero attached hydrogens (tertiary/aromatic N) is 7. The minimum atomic E-state index is -4.97. The van der Waals surface area contributed by atoms with Gasteiger partial charge in [0.05, 0.1) is 27.0 Å². The van der Waals surface area contributed by atoms with Crippen molar-refractivity contribution in [2.45, 2.75) is 25.6 Å². The average molecular weight is 779 g/mol. The van der Waals surface area contributed by atoms with Crippen LogP contribution in [0.1, 0.15) is 37.9 Å². The summed E-state index contributed by atoms with van der Waals surface area (Å²) in [6.45, 7) is -0.851. The highest BCUT2D eigenvalue weighted by Crippen LogP contribution is 2.32. The zero-order valence-corrected chi connectivity index (χ0v) is 26.5. The van der Waals surface area contributed by atoms with Crippen molar-refractivity contribution in [2.24, 2.45) is 0 Å². The quantitative estimate of drug-likeness (QED) is 0.162. The summed E-state index contributed by atoms with van der Waals surface area (Å²) in [7, 11) is 0. The van der Waals surface area contributed by atoms with Crippen LogP contribution < -0.4 is 15.4 Å². The van der Waals surface area contributed by atoms with E-state index in [4.69, 9.17) is 23.2 Å². The molecule has 0 aliphatic heterocycles. The number of rotatable bonds is 9. The standard InChI is InChI=1S/C27H16BrCl2F6N9O3/c28-14-8-16(23(46)38-11-13-4-1-2-6-20(13)48-27(34,35)36)21(18(30)9-14)39-24(47)19-10-15(12-44-42-25(40-43-44)26(31,32)33)41-45(19)22-17(29)5-3-7-37-22/h1-10H,11-12H2,(H,38,46)(H,39,47).